The number of aryl methyl sites for hydroxylation is 2. The Labute approximate surface area is 199 Å². The molecule has 0 bridgehead atoms. The van der Waals surface area contributed by atoms with Crippen molar-refractivity contribution in [1.29, 1.82) is 0 Å². The van der Waals surface area contributed by atoms with Gasteiger partial charge in [-0.15, -0.1) is 0 Å². The van der Waals surface area contributed by atoms with Gasteiger partial charge in [0.15, 0.2) is 0 Å². The van der Waals surface area contributed by atoms with Crippen LogP contribution in [0.2, 0.25) is 5.02 Å². The second-order valence-electron chi connectivity index (χ2n) is 8.69. The van der Waals surface area contributed by atoms with Crippen LogP contribution in [0.1, 0.15) is 59.9 Å². The second kappa shape index (κ2) is 12.7. The molecule has 3 rings (SSSR count). The van der Waals surface area contributed by atoms with Gasteiger partial charge in [-0.3, -0.25) is 0 Å². The van der Waals surface area contributed by atoms with Crippen molar-refractivity contribution in [2.45, 2.75) is 58.9 Å². The highest BCUT2D eigenvalue weighted by atomic mass is 35.5. The van der Waals surface area contributed by atoms with Crippen LogP contribution in [0, 0.1) is 13.8 Å². The van der Waals surface area contributed by atoms with E-state index in [4.69, 9.17) is 16.3 Å². The standard InChI is InChI=1S/C29H36ClNO/c1-4-16-31-21-24-12-14-29(15-13-24)32-17-6-8-26(27-7-5-9-28(30)20-27)19-25-11-10-22(2)23(3)18-25/h5,7,9-15,18,20,26,31H,4,6,8,16-17,19,21H2,1-3H3. The third-order valence-electron chi connectivity index (χ3n) is 6.02. The fraction of sp³-hybridized carbons (Fsp3) is 0.379. The van der Waals surface area contributed by atoms with Crippen LogP contribution in [0.5, 0.6) is 5.75 Å². The third kappa shape index (κ3) is 7.69. The van der Waals surface area contributed by atoms with Gasteiger partial charge >= 0.3 is 0 Å². The summed E-state index contributed by atoms with van der Waals surface area (Å²) < 4.78 is 6.04. The van der Waals surface area contributed by atoms with Crippen LogP contribution in [0.4, 0.5) is 0 Å². The molecule has 0 aliphatic rings. The molecule has 3 aromatic carbocycles. The van der Waals surface area contributed by atoms with E-state index in [0.29, 0.717) is 5.92 Å². The molecule has 1 unspecified atom stereocenters. The van der Waals surface area contributed by atoms with Crippen molar-refractivity contribution in [2.75, 3.05) is 13.2 Å². The van der Waals surface area contributed by atoms with Crippen LogP contribution in [-0.4, -0.2) is 13.2 Å². The zero-order valence-electron chi connectivity index (χ0n) is 19.7. The smallest absolute Gasteiger partial charge is 0.119 e. The molecule has 0 radical (unpaired) electrons. The molecule has 0 aliphatic carbocycles. The van der Waals surface area contributed by atoms with Gasteiger partial charge in [0.1, 0.15) is 5.75 Å². The molecule has 2 nitrogen and oxygen atoms in total. The van der Waals surface area contributed by atoms with Gasteiger partial charge in [-0.25, -0.2) is 0 Å². The van der Waals surface area contributed by atoms with Gasteiger partial charge in [-0.2, -0.15) is 0 Å². The minimum atomic E-state index is 0.423. The lowest BCUT2D eigenvalue weighted by atomic mass is 9.87. The zero-order chi connectivity index (χ0) is 22.8. The van der Waals surface area contributed by atoms with Crippen molar-refractivity contribution < 1.29 is 4.74 Å². The van der Waals surface area contributed by atoms with E-state index in [-0.39, 0.29) is 0 Å². The van der Waals surface area contributed by atoms with Gasteiger partial charge in [-0.05, 0) is 104 Å². The fourth-order valence-electron chi connectivity index (χ4n) is 3.99. The van der Waals surface area contributed by atoms with E-state index in [1.165, 1.54) is 27.8 Å². The summed E-state index contributed by atoms with van der Waals surface area (Å²) >= 11 is 6.30. The Morgan fingerprint density at radius 3 is 2.41 bits per heavy atom. The summed E-state index contributed by atoms with van der Waals surface area (Å²) in [7, 11) is 0. The molecule has 0 amide bonds. The van der Waals surface area contributed by atoms with Crippen molar-refractivity contribution >= 4 is 11.6 Å². The summed E-state index contributed by atoms with van der Waals surface area (Å²) in [5, 5.41) is 4.23. The SMILES string of the molecule is CCCNCc1ccc(OCCCC(Cc2ccc(C)c(C)c2)c2cccc(Cl)c2)cc1. The van der Waals surface area contributed by atoms with E-state index in [2.05, 4.69) is 86.8 Å². The average molecular weight is 450 g/mol. The maximum atomic E-state index is 6.30. The number of hydrogen-bond acceptors (Lipinski definition) is 2. The molecule has 3 heteroatoms. The molecular formula is C29H36ClNO. The van der Waals surface area contributed by atoms with E-state index in [1.54, 1.807) is 0 Å². The van der Waals surface area contributed by atoms with Crippen molar-refractivity contribution in [1.82, 2.24) is 5.32 Å². The quantitative estimate of drug-likeness (QED) is 0.287. The average Bonchev–Trinajstić information content (AvgIpc) is 2.79. The molecule has 0 saturated heterocycles. The predicted molar refractivity (Wildman–Crippen MR) is 137 cm³/mol. The molecule has 170 valence electrons. The molecular weight excluding hydrogens is 414 g/mol. The molecule has 0 heterocycles. The Bertz CT molecular complexity index is 967. The van der Waals surface area contributed by atoms with Gasteiger partial charge in [0, 0.05) is 11.6 Å². The van der Waals surface area contributed by atoms with Crippen molar-refractivity contribution in [3.05, 3.63) is 99.6 Å². The number of nitrogens with one attached hydrogen (secondary N) is 1. The zero-order valence-corrected chi connectivity index (χ0v) is 20.4. The number of hydrogen-bond donors (Lipinski definition) is 1. The van der Waals surface area contributed by atoms with Crippen molar-refractivity contribution in [3.63, 3.8) is 0 Å². The number of halogens is 1. The lowest BCUT2D eigenvalue weighted by Crippen LogP contribution is -2.13. The first kappa shape index (κ1) is 24.4. The summed E-state index contributed by atoms with van der Waals surface area (Å²) in [5.74, 6) is 1.36. The first-order valence-corrected chi connectivity index (χ1v) is 12.2. The monoisotopic (exact) mass is 449 g/mol. The van der Waals surface area contributed by atoms with Crippen LogP contribution < -0.4 is 10.1 Å². The maximum Gasteiger partial charge on any atom is 0.119 e. The number of rotatable bonds is 12. The lowest BCUT2D eigenvalue weighted by molar-refractivity contribution is 0.301. The van der Waals surface area contributed by atoms with Gasteiger partial charge in [0.05, 0.1) is 6.61 Å². The van der Waals surface area contributed by atoms with Crippen LogP contribution >= 0.6 is 11.6 Å². The van der Waals surface area contributed by atoms with E-state index < -0.39 is 0 Å². The van der Waals surface area contributed by atoms with Crippen LogP contribution in [0.25, 0.3) is 0 Å². The summed E-state index contributed by atoms with van der Waals surface area (Å²) in [6.07, 6.45) is 4.23. The molecule has 32 heavy (non-hydrogen) atoms. The van der Waals surface area contributed by atoms with E-state index in [1.807, 2.05) is 6.07 Å². The highest BCUT2D eigenvalue weighted by Gasteiger charge is 2.14. The highest BCUT2D eigenvalue weighted by Crippen LogP contribution is 2.28. The van der Waals surface area contributed by atoms with E-state index >= 15 is 0 Å². The summed E-state index contributed by atoms with van der Waals surface area (Å²) in [5.41, 5.74) is 6.67. The Kier molecular flexibility index (Phi) is 9.64. The Balaban J connectivity index is 1.56. The molecule has 3 aromatic rings. The molecule has 0 aliphatic heterocycles. The Hall–Kier alpha value is -2.29. The largest absolute Gasteiger partial charge is 0.494 e. The summed E-state index contributed by atoms with van der Waals surface area (Å²) in [6, 6.07) is 23.6. The first-order chi connectivity index (χ1) is 15.5. The first-order valence-electron chi connectivity index (χ1n) is 11.8. The minimum absolute atomic E-state index is 0.423. The normalized spacial score (nSPS) is 12.0. The molecule has 0 aromatic heterocycles. The van der Waals surface area contributed by atoms with Gasteiger partial charge in [0.25, 0.3) is 0 Å². The molecule has 1 atom stereocenters. The summed E-state index contributed by atoms with van der Waals surface area (Å²) in [4.78, 5) is 0. The Morgan fingerprint density at radius 2 is 1.69 bits per heavy atom. The minimum Gasteiger partial charge on any atom is -0.494 e. The third-order valence-corrected chi connectivity index (χ3v) is 6.25. The molecule has 0 fully saturated rings. The number of benzene rings is 3. The second-order valence-corrected chi connectivity index (χ2v) is 9.12. The van der Waals surface area contributed by atoms with Crippen LogP contribution in [-0.2, 0) is 13.0 Å². The molecule has 1 N–H and O–H groups in total. The van der Waals surface area contributed by atoms with Gasteiger partial charge in [-0.1, -0.05) is 61.0 Å². The number of ether oxygens (including phenoxy) is 1. The van der Waals surface area contributed by atoms with Crippen LogP contribution in [0.3, 0.4) is 0 Å². The van der Waals surface area contributed by atoms with Gasteiger partial charge < -0.3 is 10.1 Å². The maximum absolute atomic E-state index is 6.30. The fourth-order valence-corrected chi connectivity index (χ4v) is 4.19. The van der Waals surface area contributed by atoms with E-state index in [0.717, 1.165) is 56.2 Å². The molecule has 0 saturated carbocycles. The van der Waals surface area contributed by atoms with Crippen molar-refractivity contribution in [2.24, 2.45) is 0 Å². The topological polar surface area (TPSA) is 21.3 Å². The Morgan fingerprint density at radius 1 is 0.906 bits per heavy atom. The summed E-state index contributed by atoms with van der Waals surface area (Å²) in [6.45, 7) is 9.22. The van der Waals surface area contributed by atoms with Crippen LogP contribution in [0.15, 0.2) is 66.7 Å². The predicted octanol–water partition coefficient (Wildman–Crippen LogP) is 7.64. The van der Waals surface area contributed by atoms with E-state index in [9.17, 15) is 0 Å². The lowest BCUT2D eigenvalue weighted by Gasteiger charge is -2.19. The molecule has 0 spiro atoms. The van der Waals surface area contributed by atoms with Gasteiger partial charge in [0.2, 0.25) is 0 Å². The van der Waals surface area contributed by atoms with Crippen molar-refractivity contribution in [3.8, 4) is 5.75 Å². The highest BCUT2D eigenvalue weighted by molar-refractivity contribution is 6.30.